The van der Waals surface area contributed by atoms with Gasteiger partial charge < -0.3 is 4.74 Å². The van der Waals surface area contributed by atoms with Gasteiger partial charge in [0.15, 0.2) is 0 Å². The first-order chi connectivity index (χ1) is 7.70. The van der Waals surface area contributed by atoms with Crippen molar-refractivity contribution in [1.29, 1.82) is 0 Å². The lowest BCUT2D eigenvalue weighted by molar-refractivity contribution is -0.135. The van der Waals surface area contributed by atoms with E-state index >= 15 is 0 Å². The normalized spacial score (nSPS) is 11.1. The minimum atomic E-state index is -0.521. The number of nitrogens with zero attached hydrogens (tertiary/aromatic N) is 3. The summed E-state index contributed by atoms with van der Waals surface area (Å²) < 4.78 is 4.83. The molecule has 1 aromatic rings. The summed E-state index contributed by atoms with van der Waals surface area (Å²) in [6.45, 7) is 0. The summed E-state index contributed by atoms with van der Waals surface area (Å²) >= 11 is 1.80. The van der Waals surface area contributed by atoms with Gasteiger partial charge in [0.2, 0.25) is 0 Å². The van der Waals surface area contributed by atoms with Gasteiger partial charge in [-0.2, -0.15) is 0 Å². The summed E-state index contributed by atoms with van der Waals surface area (Å²) in [6, 6.07) is 8.94. The summed E-state index contributed by atoms with van der Waals surface area (Å²) in [5.41, 5.74) is 9.42. The molecule has 6 heteroatoms. The Morgan fingerprint density at radius 1 is 1.44 bits per heavy atom. The van der Waals surface area contributed by atoms with Crippen molar-refractivity contribution in [3.63, 3.8) is 0 Å². The standard InChI is InChI=1S/C10H8IN3O2/c1-16-10(15)8(11)9(13-14-12)7-5-3-2-4-6-7/h2-6H,1H3/b9-8+. The first-order valence-electron chi connectivity index (χ1n) is 4.29. The van der Waals surface area contributed by atoms with Crippen molar-refractivity contribution >= 4 is 34.3 Å². The second kappa shape index (κ2) is 6.14. The largest absolute Gasteiger partial charge is 0.465 e. The fourth-order valence-corrected chi connectivity index (χ4v) is 1.69. The van der Waals surface area contributed by atoms with Gasteiger partial charge in [-0.1, -0.05) is 35.4 Å². The summed E-state index contributed by atoms with van der Waals surface area (Å²) in [6.07, 6.45) is 0. The predicted molar refractivity (Wildman–Crippen MR) is 68.5 cm³/mol. The number of hydrogen-bond donors (Lipinski definition) is 0. The van der Waals surface area contributed by atoms with Crippen molar-refractivity contribution in [2.24, 2.45) is 5.11 Å². The summed E-state index contributed by atoms with van der Waals surface area (Å²) in [5.74, 6) is -0.521. The molecule has 0 saturated heterocycles. The number of ether oxygens (including phenoxy) is 1. The van der Waals surface area contributed by atoms with Crippen molar-refractivity contribution in [2.45, 2.75) is 0 Å². The van der Waals surface area contributed by atoms with Gasteiger partial charge in [-0.3, -0.25) is 0 Å². The maximum atomic E-state index is 11.3. The second-order valence-electron chi connectivity index (χ2n) is 2.71. The van der Waals surface area contributed by atoms with Crippen molar-refractivity contribution in [3.05, 3.63) is 49.9 Å². The van der Waals surface area contributed by atoms with E-state index < -0.39 is 5.97 Å². The summed E-state index contributed by atoms with van der Waals surface area (Å²) in [7, 11) is 1.28. The smallest absolute Gasteiger partial charge is 0.344 e. The quantitative estimate of drug-likeness (QED) is 0.213. The van der Waals surface area contributed by atoms with Crippen molar-refractivity contribution in [1.82, 2.24) is 0 Å². The van der Waals surface area contributed by atoms with Crippen molar-refractivity contribution in [3.8, 4) is 0 Å². The van der Waals surface area contributed by atoms with Gasteiger partial charge in [-0.25, -0.2) is 4.79 Å². The summed E-state index contributed by atoms with van der Waals surface area (Å²) in [4.78, 5) is 14.0. The maximum Gasteiger partial charge on any atom is 0.344 e. The van der Waals surface area contributed by atoms with E-state index in [4.69, 9.17) is 5.53 Å². The number of halogens is 1. The predicted octanol–water partition coefficient (Wildman–Crippen LogP) is 3.27. The number of hydrogen-bond acceptors (Lipinski definition) is 3. The number of azide groups is 1. The number of rotatable bonds is 3. The van der Waals surface area contributed by atoms with Gasteiger partial charge in [0.05, 0.1) is 12.8 Å². The Labute approximate surface area is 106 Å². The zero-order valence-corrected chi connectivity index (χ0v) is 10.6. The monoisotopic (exact) mass is 329 g/mol. The lowest BCUT2D eigenvalue weighted by atomic mass is 10.1. The van der Waals surface area contributed by atoms with Crippen LogP contribution in [0.15, 0.2) is 39.0 Å². The van der Waals surface area contributed by atoms with Crippen molar-refractivity contribution in [2.75, 3.05) is 7.11 Å². The molecular formula is C10H8IN3O2. The molecule has 0 amide bonds. The van der Waals surface area contributed by atoms with Crippen LogP contribution in [0.2, 0.25) is 0 Å². The molecule has 0 aliphatic heterocycles. The zero-order chi connectivity index (χ0) is 12.0. The first-order valence-corrected chi connectivity index (χ1v) is 5.37. The third-order valence-electron chi connectivity index (χ3n) is 1.76. The van der Waals surface area contributed by atoms with E-state index in [1.165, 1.54) is 7.11 Å². The molecule has 0 spiro atoms. The molecule has 0 heterocycles. The lowest BCUT2D eigenvalue weighted by Crippen LogP contribution is -2.01. The van der Waals surface area contributed by atoms with Crippen LogP contribution >= 0.6 is 22.6 Å². The molecule has 0 aliphatic carbocycles. The Hall–Kier alpha value is -1.53. The van der Waals surface area contributed by atoms with Gasteiger partial charge in [-0.05, 0) is 33.7 Å². The molecule has 1 aromatic carbocycles. The van der Waals surface area contributed by atoms with Gasteiger partial charge in [0, 0.05) is 4.91 Å². The highest BCUT2D eigenvalue weighted by atomic mass is 127. The van der Waals surface area contributed by atoms with Crippen LogP contribution in [0.4, 0.5) is 0 Å². The molecule has 0 aliphatic rings. The minimum Gasteiger partial charge on any atom is -0.465 e. The van der Waals surface area contributed by atoms with E-state index in [9.17, 15) is 4.79 Å². The Morgan fingerprint density at radius 2 is 2.06 bits per heavy atom. The number of carbonyl (C=O) groups is 1. The average molecular weight is 329 g/mol. The SMILES string of the molecule is COC(=O)/C(I)=C(\N=[N+]=[N-])c1ccccc1. The average Bonchev–Trinajstić information content (AvgIpc) is 2.35. The number of esters is 1. The van der Waals surface area contributed by atoms with E-state index in [-0.39, 0.29) is 9.28 Å². The second-order valence-corrected chi connectivity index (χ2v) is 3.79. The van der Waals surface area contributed by atoms with Gasteiger partial charge in [0.25, 0.3) is 0 Å². The molecule has 0 bridgehead atoms. The maximum absolute atomic E-state index is 11.3. The fourth-order valence-electron chi connectivity index (χ4n) is 1.06. The van der Waals surface area contributed by atoms with Crippen LogP contribution in [-0.4, -0.2) is 13.1 Å². The van der Waals surface area contributed by atoms with Gasteiger partial charge in [-0.15, -0.1) is 0 Å². The molecular weight excluding hydrogens is 321 g/mol. The number of methoxy groups -OCH3 is 1. The van der Waals surface area contributed by atoms with Crippen LogP contribution in [0.5, 0.6) is 0 Å². The molecule has 0 atom stereocenters. The van der Waals surface area contributed by atoms with Crippen LogP contribution in [0.3, 0.4) is 0 Å². The highest BCUT2D eigenvalue weighted by molar-refractivity contribution is 14.1. The Morgan fingerprint density at radius 3 is 2.56 bits per heavy atom. The van der Waals surface area contributed by atoms with Crippen LogP contribution in [0, 0.1) is 0 Å². The van der Waals surface area contributed by atoms with Crippen LogP contribution < -0.4 is 0 Å². The fraction of sp³-hybridized carbons (Fsp3) is 0.100. The van der Waals surface area contributed by atoms with E-state index in [0.717, 1.165) is 0 Å². The molecule has 0 saturated carbocycles. The molecule has 0 aromatic heterocycles. The van der Waals surface area contributed by atoms with Gasteiger partial charge >= 0.3 is 5.97 Å². The highest BCUT2D eigenvalue weighted by Gasteiger charge is 2.13. The lowest BCUT2D eigenvalue weighted by Gasteiger charge is -2.04. The van der Waals surface area contributed by atoms with Crippen LogP contribution in [-0.2, 0) is 9.53 Å². The van der Waals surface area contributed by atoms with E-state index in [0.29, 0.717) is 5.56 Å². The van der Waals surface area contributed by atoms with E-state index in [2.05, 4.69) is 14.8 Å². The van der Waals surface area contributed by atoms with E-state index in [1.54, 1.807) is 46.9 Å². The molecule has 1 rings (SSSR count). The third-order valence-corrected chi connectivity index (χ3v) is 2.72. The molecule has 82 valence electrons. The molecule has 0 N–H and O–H groups in total. The van der Waals surface area contributed by atoms with Gasteiger partial charge in [0.1, 0.15) is 3.58 Å². The van der Waals surface area contributed by atoms with Crippen molar-refractivity contribution < 1.29 is 9.53 Å². The topological polar surface area (TPSA) is 75.1 Å². The molecule has 0 radical (unpaired) electrons. The number of carbonyl (C=O) groups excluding carboxylic acids is 1. The molecule has 16 heavy (non-hydrogen) atoms. The van der Waals surface area contributed by atoms with E-state index in [1.807, 2.05) is 6.07 Å². The van der Waals surface area contributed by atoms with Crippen LogP contribution in [0.1, 0.15) is 5.56 Å². The third kappa shape index (κ3) is 2.98. The molecule has 0 unspecified atom stereocenters. The Bertz CT molecular complexity index is 464. The highest BCUT2D eigenvalue weighted by Crippen LogP contribution is 2.25. The first kappa shape index (κ1) is 12.5. The molecule has 5 nitrogen and oxygen atoms in total. The Balaban J connectivity index is 3.30. The summed E-state index contributed by atoms with van der Waals surface area (Å²) in [5, 5.41) is 3.52. The van der Waals surface area contributed by atoms with Crippen LogP contribution in [0.25, 0.3) is 16.1 Å². The zero-order valence-electron chi connectivity index (χ0n) is 8.42. The number of benzene rings is 1. The minimum absolute atomic E-state index is 0.254. The molecule has 0 fully saturated rings. The Kier molecular flexibility index (Phi) is 4.81.